The number of aliphatic hydroxyl groups is 1. The van der Waals surface area contributed by atoms with Gasteiger partial charge in [-0.2, -0.15) is 13.2 Å². The van der Waals surface area contributed by atoms with E-state index in [-0.39, 0.29) is 44.1 Å². The number of carbonyl (C=O) groups excluding carboxylic acids is 2. The summed E-state index contributed by atoms with van der Waals surface area (Å²) in [5, 5.41) is 14.6. The van der Waals surface area contributed by atoms with Gasteiger partial charge in [-0.15, -0.1) is 0 Å². The van der Waals surface area contributed by atoms with Crippen molar-refractivity contribution in [3.05, 3.63) is 69.7 Å². The molecule has 0 bridgehead atoms. The van der Waals surface area contributed by atoms with E-state index in [1.165, 1.54) is 29.2 Å². The van der Waals surface area contributed by atoms with Crippen LogP contribution in [-0.4, -0.2) is 58.6 Å². The van der Waals surface area contributed by atoms with Gasteiger partial charge in [-0.25, -0.2) is 4.79 Å². The lowest BCUT2D eigenvalue weighted by Gasteiger charge is -2.40. The van der Waals surface area contributed by atoms with Crippen LogP contribution in [0.5, 0.6) is 0 Å². The van der Waals surface area contributed by atoms with Gasteiger partial charge in [0.2, 0.25) is 5.91 Å². The van der Waals surface area contributed by atoms with E-state index in [1.807, 2.05) is 0 Å². The summed E-state index contributed by atoms with van der Waals surface area (Å²) in [6.07, 6.45) is -1.46. The van der Waals surface area contributed by atoms with E-state index in [4.69, 9.17) is 23.2 Å². The fraction of sp³-hybridized carbons (Fsp3) is 0.360. The molecule has 0 unspecified atom stereocenters. The summed E-state index contributed by atoms with van der Waals surface area (Å²) in [4.78, 5) is 28.3. The lowest BCUT2D eigenvalue weighted by molar-refractivity contribution is -0.137. The number of carbonyl (C=O) groups is 2. The number of nitrogens with one attached hydrogen (secondary N) is 1. The van der Waals surface area contributed by atoms with Crippen molar-refractivity contribution in [2.24, 2.45) is 0 Å². The second-order valence-electron chi connectivity index (χ2n) is 8.61. The zero-order valence-electron chi connectivity index (χ0n) is 19.5. The van der Waals surface area contributed by atoms with Crippen LogP contribution in [0.1, 0.15) is 30.9 Å². The molecule has 2 aromatic carbocycles. The molecule has 3 rings (SSSR count). The number of piperidine rings is 1. The van der Waals surface area contributed by atoms with Crippen molar-refractivity contribution < 1.29 is 27.9 Å². The first-order valence-corrected chi connectivity index (χ1v) is 12.0. The molecule has 1 heterocycles. The third-order valence-corrected chi connectivity index (χ3v) is 6.34. The molecule has 1 saturated heterocycles. The van der Waals surface area contributed by atoms with Crippen LogP contribution in [-0.2, 0) is 11.0 Å². The first kappa shape index (κ1) is 27.8. The largest absolute Gasteiger partial charge is 0.416 e. The lowest BCUT2D eigenvalue weighted by atomic mass is 9.90. The van der Waals surface area contributed by atoms with Crippen LogP contribution in [0.2, 0.25) is 10.0 Å². The van der Waals surface area contributed by atoms with E-state index in [0.717, 1.165) is 12.1 Å². The monoisotopic (exact) mass is 543 g/mol. The van der Waals surface area contributed by atoms with E-state index in [9.17, 15) is 27.9 Å². The second kappa shape index (κ2) is 11.5. The van der Waals surface area contributed by atoms with Crippen molar-refractivity contribution in [2.45, 2.75) is 31.5 Å². The van der Waals surface area contributed by atoms with Crippen LogP contribution in [0.25, 0.3) is 6.08 Å². The van der Waals surface area contributed by atoms with Gasteiger partial charge in [0.1, 0.15) is 0 Å². The molecule has 11 heteroatoms. The Morgan fingerprint density at radius 3 is 2.36 bits per heavy atom. The number of hydrogen-bond acceptors (Lipinski definition) is 3. The molecule has 2 aromatic rings. The minimum atomic E-state index is -4.47. The Morgan fingerprint density at radius 2 is 1.78 bits per heavy atom. The molecule has 1 aliphatic heterocycles. The van der Waals surface area contributed by atoms with Gasteiger partial charge in [0.15, 0.2) is 0 Å². The summed E-state index contributed by atoms with van der Waals surface area (Å²) in [5.41, 5.74) is -1.30. The summed E-state index contributed by atoms with van der Waals surface area (Å²) < 4.78 is 38.7. The number of alkyl halides is 3. The van der Waals surface area contributed by atoms with Gasteiger partial charge in [-0.1, -0.05) is 35.3 Å². The maximum atomic E-state index is 12.9. The van der Waals surface area contributed by atoms with E-state index in [2.05, 4.69) is 5.32 Å². The Morgan fingerprint density at radius 1 is 1.14 bits per heavy atom. The predicted molar refractivity (Wildman–Crippen MR) is 134 cm³/mol. The van der Waals surface area contributed by atoms with Crippen molar-refractivity contribution in [1.29, 1.82) is 0 Å². The van der Waals surface area contributed by atoms with Crippen molar-refractivity contribution in [3.8, 4) is 0 Å². The molecule has 0 aliphatic carbocycles. The van der Waals surface area contributed by atoms with Gasteiger partial charge >= 0.3 is 12.2 Å². The highest BCUT2D eigenvalue weighted by Gasteiger charge is 2.36. The molecule has 1 fully saturated rings. The number of rotatable bonds is 6. The van der Waals surface area contributed by atoms with Crippen molar-refractivity contribution in [1.82, 2.24) is 9.80 Å². The maximum absolute atomic E-state index is 12.9. The number of likely N-dealkylation sites (N-methyl/N-ethyl adjacent to an activating group) is 1. The fourth-order valence-electron chi connectivity index (χ4n) is 3.91. The minimum absolute atomic E-state index is 0.0363. The third-order valence-electron chi connectivity index (χ3n) is 5.91. The average Bonchev–Trinajstić information content (AvgIpc) is 2.80. The van der Waals surface area contributed by atoms with Crippen LogP contribution >= 0.6 is 23.2 Å². The van der Waals surface area contributed by atoms with Gasteiger partial charge in [0, 0.05) is 48.0 Å². The summed E-state index contributed by atoms with van der Waals surface area (Å²) in [7, 11) is 0. The molecular formula is C25H26Cl2F3N3O3. The highest BCUT2D eigenvalue weighted by atomic mass is 35.5. The summed E-state index contributed by atoms with van der Waals surface area (Å²) in [6, 6.07) is 9.01. The number of likely N-dealkylation sites (tertiary alicyclic amines) is 1. The zero-order valence-corrected chi connectivity index (χ0v) is 21.0. The molecule has 0 spiro atoms. The van der Waals surface area contributed by atoms with Gasteiger partial charge in [0.25, 0.3) is 0 Å². The molecule has 194 valence electrons. The number of benzene rings is 2. The Bertz CT molecular complexity index is 1110. The van der Waals surface area contributed by atoms with E-state index in [0.29, 0.717) is 22.3 Å². The average molecular weight is 544 g/mol. The summed E-state index contributed by atoms with van der Waals surface area (Å²) in [6.45, 7) is 2.62. The van der Waals surface area contributed by atoms with Crippen molar-refractivity contribution >= 4 is 46.9 Å². The standard InChI is InChI=1S/C25H26Cl2F3N3O3/c1-2-32(22(34)7-6-17-4-3-5-18(12-17)25(28,29)30)16-24(36)8-10-33(11-9-24)23(35)31-21-14-19(26)13-20(27)15-21/h3-7,12-15,36H,2,8-11,16H2,1H3,(H,31,35)/b7-6+. The molecule has 0 saturated carbocycles. The van der Waals surface area contributed by atoms with E-state index < -0.39 is 23.2 Å². The molecule has 2 N–H and O–H groups in total. The Kier molecular flexibility index (Phi) is 8.92. The normalized spacial score (nSPS) is 15.7. The molecule has 36 heavy (non-hydrogen) atoms. The van der Waals surface area contributed by atoms with Crippen LogP contribution in [0.4, 0.5) is 23.7 Å². The lowest BCUT2D eigenvalue weighted by Crippen LogP contribution is -2.53. The predicted octanol–water partition coefficient (Wildman–Crippen LogP) is 5.93. The van der Waals surface area contributed by atoms with Crippen LogP contribution in [0.3, 0.4) is 0 Å². The maximum Gasteiger partial charge on any atom is 0.416 e. The molecule has 1 aliphatic rings. The Labute approximate surface area is 217 Å². The number of nitrogens with zero attached hydrogens (tertiary/aromatic N) is 2. The van der Waals surface area contributed by atoms with Crippen molar-refractivity contribution in [2.75, 3.05) is 31.5 Å². The summed E-state index contributed by atoms with van der Waals surface area (Å²) in [5.74, 6) is -0.429. The fourth-order valence-corrected chi connectivity index (χ4v) is 4.43. The first-order valence-electron chi connectivity index (χ1n) is 11.3. The molecule has 0 radical (unpaired) electrons. The second-order valence-corrected chi connectivity index (χ2v) is 9.48. The molecule has 3 amide bonds. The van der Waals surface area contributed by atoms with Crippen LogP contribution in [0, 0.1) is 0 Å². The minimum Gasteiger partial charge on any atom is -0.388 e. The third kappa shape index (κ3) is 7.62. The van der Waals surface area contributed by atoms with Crippen LogP contribution < -0.4 is 5.32 Å². The quantitative estimate of drug-likeness (QED) is 0.443. The Hall–Kier alpha value is -2.75. The Balaban J connectivity index is 1.57. The summed E-state index contributed by atoms with van der Waals surface area (Å²) >= 11 is 11.9. The van der Waals surface area contributed by atoms with Gasteiger partial charge in [-0.3, -0.25) is 4.79 Å². The number of amides is 3. The number of urea groups is 1. The molecule has 0 atom stereocenters. The smallest absolute Gasteiger partial charge is 0.388 e. The van der Waals surface area contributed by atoms with E-state index in [1.54, 1.807) is 30.0 Å². The zero-order chi connectivity index (χ0) is 26.5. The van der Waals surface area contributed by atoms with E-state index >= 15 is 0 Å². The topological polar surface area (TPSA) is 72.9 Å². The highest BCUT2D eigenvalue weighted by molar-refractivity contribution is 6.35. The SMILES string of the molecule is CCN(CC1(O)CCN(C(=O)Nc2cc(Cl)cc(Cl)c2)CC1)C(=O)/C=C/c1cccc(C(F)(F)F)c1. The van der Waals surface area contributed by atoms with Gasteiger partial charge in [-0.05, 0) is 61.7 Å². The van der Waals surface area contributed by atoms with Crippen molar-refractivity contribution in [3.63, 3.8) is 0 Å². The number of anilines is 1. The van der Waals surface area contributed by atoms with Gasteiger partial charge in [0.05, 0.1) is 11.2 Å². The molecule has 6 nitrogen and oxygen atoms in total. The van der Waals surface area contributed by atoms with Gasteiger partial charge < -0.3 is 20.2 Å². The molecular weight excluding hydrogens is 518 g/mol. The van der Waals surface area contributed by atoms with Crippen LogP contribution in [0.15, 0.2) is 48.5 Å². The number of halogens is 5. The highest BCUT2D eigenvalue weighted by Crippen LogP contribution is 2.30. The number of hydrogen-bond donors (Lipinski definition) is 2. The first-order chi connectivity index (χ1) is 16.9. The molecule has 0 aromatic heterocycles.